The van der Waals surface area contributed by atoms with Crippen LogP contribution in [0.2, 0.25) is 0 Å². The second-order valence-corrected chi connectivity index (χ2v) is 1.67. The van der Waals surface area contributed by atoms with Gasteiger partial charge in [-0.15, -0.1) is 0 Å². The maximum Gasteiger partial charge on any atom is 0.0939 e. The lowest BCUT2D eigenvalue weighted by Crippen LogP contribution is -2.34. The molecular weight excluding hydrogens is 106 g/mol. The molecule has 1 fully saturated rings. The summed E-state index contributed by atoms with van der Waals surface area (Å²) in [7, 11) is 3.28. The van der Waals surface area contributed by atoms with Gasteiger partial charge in [0.15, 0.2) is 0 Å². The molecule has 3 nitrogen and oxygen atoms in total. The van der Waals surface area contributed by atoms with Gasteiger partial charge in [0.2, 0.25) is 0 Å². The Morgan fingerprint density at radius 2 is 2.00 bits per heavy atom. The number of ether oxygens (including phenoxy) is 1. The van der Waals surface area contributed by atoms with E-state index in [2.05, 4.69) is 7.11 Å². The first-order valence-corrected chi connectivity index (χ1v) is 2.68. The molecule has 3 heteroatoms. The Morgan fingerprint density at radius 3 is 2.38 bits per heavy atom. The monoisotopic (exact) mass is 116 g/mol. The van der Waals surface area contributed by atoms with E-state index >= 15 is 0 Å². The van der Waals surface area contributed by atoms with Gasteiger partial charge < -0.3 is 4.74 Å². The van der Waals surface area contributed by atoms with Crippen LogP contribution in [0, 0.1) is 7.11 Å². The highest BCUT2D eigenvalue weighted by Crippen LogP contribution is 1.94. The Labute approximate surface area is 49.1 Å². The van der Waals surface area contributed by atoms with Gasteiger partial charge in [-0.2, -0.15) is 5.06 Å². The number of rotatable bonds is 1. The van der Waals surface area contributed by atoms with Crippen molar-refractivity contribution in [2.75, 3.05) is 26.3 Å². The topological polar surface area (TPSA) is 21.7 Å². The van der Waals surface area contributed by atoms with Crippen molar-refractivity contribution >= 4 is 0 Å². The lowest BCUT2D eigenvalue weighted by Gasteiger charge is -2.23. The van der Waals surface area contributed by atoms with Crippen LogP contribution in [0.3, 0.4) is 0 Å². The Hall–Kier alpha value is -0.120. The number of hydroxylamine groups is 2. The van der Waals surface area contributed by atoms with E-state index in [4.69, 9.17) is 9.57 Å². The van der Waals surface area contributed by atoms with Crippen LogP contribution in [0.25, 0.3) is 0 Å². The van der Waals surface area contributed by atoms with Crippen molar-refractivity contribution in [1.82, 2.24) is 5.06 Å². The predicted molar refractivity (Wildman–Crippen MR) is 28.8 cm³/mol. The van der Waals surface area contributed by atoms with Crippen LogP contribution in [-0.2, 0) is 9.57 Å². The summed E-state index contributed by atoms with van der Waals surface area (Å²) in [4.78, 5) is 4.69. The minimum Gasteiger partial charge on any atom is -0.379 e. The average Bonchev–Trinajstić information content (AvgIpc) is 1.90. The normalized spacial score (nSPS) is 23.6. The van der Waals surface area contributed by atoms with Gasteiger partial charge in [-0.05, 0) is 0 Å². The quantitative estimate of drug-likeness (QED) is 0.483. The Bertz CT molecular complexity index is 61.4. The molecule has 0 unspecified atom stereocenters. The zero-order valence-electron chi connectivity index (χ0n) is 4.80. The minimum absolute atomic E-state index is 0.759. The van der Waals surface area contributed by atoms with E-state index in [-0.39, 0.29) is 0 Å². The average molecular weight is 116 g/mol. The molecule has 1 rings (SSSR count). The van der Waals surface area contributed by atoms with Crippen LogP contribution in [0.1, 0.15) is 0 Å². The van der Waals surface area contributed by atoms with Crippen LogP contribution in [0.15, 0.2) is 0 Å². The molecule has 1 aliphatic rings. The zero-order valence-corrected chi connectivity index (χ0v) is 4.80. The molecule has 0 saturated carbocycles. The molecule has 0 spiro atoms. The van der Waals surface area contributed by atoms with Crippen molar-refractivity contribution in [3.8, 4) is 0 Å². The number of morpholine rings is 1. The fourth-order valence-electron chi connectivity index (χ4n) is 0.676. The first kappa shape index (κ1) is 6.01. The zero-order chi connectivity index (χ0) is 5.82. The SMILES string of the molecule is [CH2]ON1CCOCC1. The first-order valence-electron chi connectivity index (χ1n) is 2.68. The minimum atomic E-state index is 0.759. The summed E-state index contributed by atoms with van der Waals surface area (Å²) in [6.45, 7) is 3.19. The second-order valence-electron chi connectivity index (χ2n) is 1.67. The lowest BCUT2D eigenvalue weighted by molar-refractivity contribution is -0.154. The predicted octanol–water partition coefficient (Wildman–Crippen LogP) is 0.0418. The molecule has 0 aromatic heterocycles. The van der Waals surface area contributed by atoms with Gasteiger partial charge in [-0.1, -0.05) is 0 Å². The fraction of sp³-hybridized carbons (Fsp3) is 0.800. The first-order chi connectivity index (χ1) is 3.93. The molecule has 1 radical (unpaired) electrons. The number of hydrogen-bond donors (Lipinski definition) is 0. The van der Waals surface area contributed by atoms with Crippen molar-refractivity contribution < 1.29 is 9.57 Å². The molecular formula is C5H10NO2. The van der Waals surface area contributed by atoms with E-state index in [1.807, 2.05) is 0 Å². The van der Waals surface area contributed by atoms with E-state index in [0.29, 0.717) is 0 Å². The molecule has 1 heterocycles. The van der Waals surface area contributed by atoms with Gasteiger partial charge >= 0.3 is 0 Å². The molecule has 0 aliphatic carbocycles. The summed E-state index contributed by atoms with van der Waals surface area (Å²) < 4.78 is 5.05. The van der Waals surface area contributed by atoms with Crippen molar-refractivity contribution in [3.63, 3.8) is 0 Å². The van der Waals surface area contributed by atoms with Crippen LogP contribution >= 0.6 is 0 Å². The third-order valence-electron chi connectivity index (χ3n) is 1.15. The van der Waals surface area contributed by atoms with Crippen LogP contribution < -0.4 is 0 Å². The van der Waals surface area contributed by atoms with Crippen molar-refractivity contribution in [2.24, 2.45) is 0 Å². The lowest BCUT2D eigenvalue weighted by atomic mass is 10.5. The van der Waals surface area contributed by atoms with Gasteiger partial charge in [0.05, 0.1) is 20.3 Å². The highest BCUT2D eigenvalue weighted by atomic mass is 16.7. The van der Waals surface area contributed by atoms with Gasteiger partial charge in [-0.25, -0.2) is 0 Å². The van der Waals surface area contributed by atoms with Crippen molar-refractivity contribution in [2.45, 2.75) is 0 Å². The Balaban J connectivity index is 2.13. The Kier molecular flexibility index (Phi) is 2.27. The third-order valence-corrected chi connectivity index (χ3v) is 1.15. The maximum atomic E-state index is 5.05. The maximum absolute atomic E-state index is 5.05. The summed E-state index contributed by atoms with van der Waals surface area (Å²) in [5.41, 5.74) is 0. The number of hydrogen-bond acceptors (Lipinski definition) is 3. The van der Waals surface area contributed by atoms with E-state index in [0.717, 1.165) is 26.3 Å². The molecule has 0 aromatic carbocycles. The molecule has 1 saturated heterocycles. The largest absolute Gasteiger partial charge is 0.379 e. The highest BCUT2D eigenvalue weighted by Gasteiger charge is 2.07. The smallest absolute Gasteiger partial charge is 0.0939 e. The highest BCUT2D eigenvalue weighted by molar-refractivity contribution is 4.50. The van der Waals surface area contributed by atoms with Crippen molar-refractivity contribution in [3.05, 3.63) is 7.11 Å². The summed E-state index contributed by atoms with van der Waals surface area (Å²) in [5, 5.41) is 1.78. The molecule has 0 amide bonds. The van der Waals surface area contributed by atoms with Gasteiger partial charge in [0.1, 0.15) is 0 Å². The van der Waals surface area contributed by atoms with Crippen molar-refractivity contribution in [1.29, 1.82) is 0 Å². The second kappa shape index (κ2) is 3.02. The van der Waals surface area contributed by atoms with Crippen LogP contribution in [0.5, 0.6) is 0 Å². The fourth-order valence-corrected chi connectivity index (χ4v) is 0.676. The van der Waals surface area contributed by atoms with Crippen LogP contribution in [-0.4, -0.2) is 31.4 Å². The molecule has 0 aromatic rings. The molecule has 0 atom stereocenters. The standard InChI is InChI=1S/C5H10NO2/c1-7-6-2-4-8-5-3-6/h1-5H2. The molecule has 8 heavy (non-hydrogen) atoms. The van der Waals surface area contributed by atoms with E-state index in [1.165, 1.54) is 0 Å². The Morgan fingerprint density at radius 1 is 1.38 bits per heavy atom. The summed E-state index contributed by atoms with van der Waals surface area (Å²) in [6, 6.07) is 0. The van der Waals surface area contributed by atoms with Crippen LogP contribution in [0.4, 0.5) is 0 Å². The van der Waals surface area contributed by atoms with E-state index in [9.17, 15) is 0 Å². The summed E-state index contributed by atoms with van der Waals surface area (Å²) >= 11 is 0. The number of nitrogens with zero attached hydrogens (tertiary/aromatic N) is 1. The molecule has 1 aliphatic heterocycles. The van der Waals surface area contributed by atoms with Gasteiger partial charge in [-0.3, -0.25) is 4.84 Å². The summed E-state index contributed by atoms with van der Waals surface area (Å²) in [5.74, 6) is 0. The van der Waals surface area contributed by atoms with Gasteiger partial charge in [0.25, 0.3) is 0 Å². The summed E-state index contributed by atoms with van der Waals surface area (Å²) in [6.07, 6.45) is 0. The molecule has 0 N–H and O–H groups in total. The van der Waals surface area contributed by atoms with Gasteiger partial charge in [0, 0.05) is 13.1 Å². The third kappa shape index (κ3) is 1.43. The molecule has 0 bridgehead atoms. The molecule has 47 valence electrons. The van der Waals surface area contributed by atoms with E-state index < -0.39 is 0 Å². The van der Waals surface area contributed by atoms with E-state index in [1.54, 1.807) is 5.06 Å².